The summed E-state index contributed by atoms with van der Waals surface area (Å²) in [6.45, 7) is 4.55. The Morgan fingerprint density at radius 1 is 1.35 bits per heavy atom. The Morgan fingerprint density at radius 3 is 2.75 bits per heavy atom. The van der Waals surface area contributed by atoms with Crippen LogP contribution in [0.25, 0.3) is 0 Å². The molecule has 6 heteroatoms. The molecular formula is C14H19ClN2O3. The van der Waals surface area contributed by atoms with E-state index < -0.39 is 0 Å². The zero-order chi connectivity index (χ0) is 15.0. The van der Waals surface area contributed by atoms with E-state index in [2.05, 4.69) is 10.6 Å². The highest BCUT2D eigenvalue weighted by Gasteiger charge is 2.06. The molecule has 0 aliphatic heterocycles. The first-order valence-electron chi connectivity index (χ1n) is 6.45. The van der Waals surface area contributed by atoms with Gasteiger partial charge in [0.15, 0.2) is 0 Å². The van der Waals surface area contributed by atoms with E-state index in [4.69, 9.17) is 16.3 Å². The van der Waals surface area contributed by atoms with Crippen LogP contribution in [0.15, 0.2) is 18.2 Å². The van der Waals surface area contributed by atoms with E-state index in [1.165, 1.54) is 0 Å². The van der Waals surface area contributed by atoms with Gasteiger partial charge in [-0.3, -0.25) is 9.59 Å². The maximum atomic E-state index is 11.7. The fourth-order valence-corrected chi connectivity index (χ4v) is 1.81. The molecule has 1 aromatic rings. The number of carbonyl (C=O) groups is 2. The third kappa shape index (κ3) is 6.04. The van der Waals surface area contributed by atoms with Crippen LogP contribution in [-0.4, -0.2) is 31.6 Å². The lowest BCUT2D eigenvalue weighted by Gasteiger charge is -2.09. The zero-order valence-corrected chi connectivity index (χ0v) is 12.4. The maximum Gasteiger partial charge on any atom is 0.307 e. The van der Waals surface area contributed by atoms with Crippen LogP contribution in [0.3, 0.4) is 0 Å². The summed E-state index contributed by atoms with van der Waals surface area (Å²) in [5.41, 5.74) is 1.63. The SMILES string of the molecule is CCOC(=O)CCNCC(=O)Nc1ccc(Cl)cc1C. The van der Waals surface area contributed by atoms with Crippen LogP contribution < -0.4 is 10.6 Å². The molecule has 0 aliphatic carbocycles. The molecule has 0 spiro atoms. The molecule has 1 rings (SSSR count). The number of carbonyl (C=O) groups excluding carboxylic acids is 2. The van der Waals surface area contributed by atoms with E-state index in [1.54, 1.807) is 25.1 Å². The number of hydrogen-bond donors (Lipinski definition) is 2. The molecule has 110 valence electrons. The lowest BCUT2D eigenvalue weighted by molar-refractivity contribution is -0.143. The van der Waals surface area contributed by atoms with E-state index in [0.717, 1.165) is 11.3 Å². The van der Waals surface area contributed by atoms with Gasteiger partial charge < -0.3 is 15.4 Å². The van der Waals surface area contributed by atoms with Gasteiger partial charge >= 0.3 is 5.97 Å². The molecule has 0 saturated carbocycles. The second-order valence-corrected chi connectivity index (χ2v) is 4.68. The Balaban J connectivity index is 2.28. The predicted octanol–water partition coefficient (Wildman–Crippen LogP) is 2.13. The molecule has 20 heavy (non-hydrogen) atoms. The van der Waals surface area contributed by atoms with Crippen LogP contribution in [0.2, 0.25) is 5.02 Å². The normalized spacial score (nSPS) is 10.2. The van der Waals surface area contributed by atoms with E-state index in [1.807, 2.05) is 6.92 Å². The summed E-state index contributed by atoms with van der Waals surface area (Å²) < 4.78 is 4.78. The Kier molecular flexibility index (Phi) is 7.04. The minimum Gasteiger partial charge on any atom is -0.466 e. The lowest BCUT2D eigenvalue weighted by atomic mass is 10.2. The van der Waals surface area contributed by atoms with Crippen LogP contribution >= 0.6 is 11.6 Å². The molecule has 0 aromatic heterocycles. The van der Waals surface area contributed by atoms with Gasteiger partial charge in [-0.2, -0.15) is 0 Å². The number of rotatable bonds is 7. The smallest absolute Gasteiger partial charge is 0.307 e. The number of aryl methyl sites for hydroxylation is 1. The molecular weight excluding hydrogens is 280 g/mol. The van der Waals surface area contributed by atoms with Gasteiger partial charge in [-0.05, 0) is 37.6 Å². The summed E-state index contributed by atoms with van der Waals surface area (Å²) in [6, 6.07) is 5.26. The first-order valence-corrected chi connectivity index (χ1v) is 6.83. The zero-order valence-electron chi connectivity index (χ0n) is 11.7. The van der Waals surface area contributed by atoms with Crippen molar-refractivity contribution < 1.29 is 14.3 Å². The molecule has 1 amide bonds. The van der Waals surface area contributed by atoms with Crippen LogP contribution in [0.1, 0.15) is 18.9 Å². The average Bonchev–Trinajstić information content (AvgIpc) is 2.38. The van der Waals surface area contributed by atoms with E-state index >= 15 is 0 Å². The minimum absolute atomic E-state index is 0.140. The number of esters is 1. The van der Waals surface area contributed by atoms with Crippen molar-refractivity contribution in [2.75, 3.05) is 25.0 Å². The highest BCUT2D eigenvalue weighted by molar-refractivity contribution is 6.30. The van der Waals surface area contributed by atoms with Crippen molar-refractivity contribution in [1.29, 1.82) is 0 Å². The Bertz CT molecular complexity index is 477. The van der Waals surface area contributed by atoms with Gasteiger partial charge in [0.25, 0.3) is 0 Å². The number of halogens is 1. The van der Waals surface area contributed by atoms with Gasteiger partial charge in [-0.15, -0.1) is 0 Å². The van der Waals surface area contributed by atoms with Crippen molar-refractivity contribution in [3.05, 3.63) is 28.8 Å². The highest BCUT2D eigenvalue weighted by atomic mass is 35.5. The number of hydrogen-bond acceptors (Lipinski definition) is 4. The van der Waals surface area contributed by atoms with Crippen molar-refractivity contribution in [3.8, 4) is 0 Å². The predicted molar refractivity (Wildman–Crippen MR) is 78.9 cm³/mol. The molecule has 1 aromatic carbocycles. The van der Waals surface area contributed by atoms with Gasteiger partial charge in [-0.1, -0.05) is 11.6 Å². The number of ether oxygens (including phenoxy) is 1. The van der Waals surface area contributed by atoms with Gasteiger partial charge in [0.2, 0.25) is 5.91 Å². The van der Waals surface area contributed by atoms with Crippen molar-refractivity contribution in [2.45, 2.75) is 20.3 Å². The van der Waals surface area contributed by atoms with E-state index in [0.29, 0.717) is 18.2 Å². The largest absolute Gasteiger partial charge is 0.466 e. The third-order valence-corrected chi connectivity index (χ3v) is 2.79. The van der Waals surface area contributed by atoms with Gasteiger partial charge in [0, 0.05) is 17.3 Å². The van der Waals surface area contributed by atoms with Crippen molar-refractivity contribution in [2.24, 2.45) is 0 Å². The van der Waals surface area contributed by atoms with Crippen LogP contribution in [0.4, 0.5) is 5.69 Å². The highest BCUT2D eigenvalue weighted by Crippen LogP contribution is 2.19. The quantitative estimate of drug-likeness (QED) is 0.598. The third-order valence-electron chi connectivity index (χ3n) is 2.56. The molecule has 2 N–H and O–H groups in total. The summed E-state index contributed by atoms with van der Waals surface area (Å²) in [4.78, 5) is 22.8. The van der Waals surface area contributed by atoms with Crippen molar-refractivity contribution >= 4 is 29.2 Å². The molecule has 0 bridgehead atoms. The molecule has 0 saturated heterocycles. The van der Waals surface area contributed by atoms with Gasteiger partial charge in [-0.25, -0.2) is 0 Å². The molecule has 0 heterocycles. The monoisotopic (exact) mass is 298 g/mol. The number of nitrogens with one attached hydrogen (secondary N) is 2. The molecule has 0 unspecified atom stereocenters. The summed E-state index contributed by atoms with van der Waals surface area (Å²) in [5, 5.41) is 6.29. The summed E-state index contributed by atoms with van der Waals surface area (Å²) in [6.07, 6.45) is 0.251. The minimum atomic E-state index is -0.269. The molecule has 5 nitrogen and oxygen atoms in total. The summed E-state index contributed by atoms with van der Waals surface area (Å²) in [5.74, 6) is -0.437. The van der Waals surface area contributed by atoms with Crippen LogP contribution in [-0.2, 0) is 14.3 Å². The fourth-order valence-electron chi connectivity index (χ4n) is 1.59. The average molecular weight is 299 g/mol. The second-order valence-electron chi connectivity index (χ2n) is 4.24. The van der Waals surface area contributed by atoms with E-state index in [-0.39, 0.29) is 24.8 Å². The van der Waals surface area contributed by atoms with E-state index in [9.17, 15) is 9.59 Å². The van der Waals surface area contributed by atoms with Crippen molar-refractivity contribution in [1.82, 2.24) is 5.32 Å². The lowest BCUT2D eigenvalue weighted by Crippen LogP contribution is -2.30. The topological polar surface area (TPSA) is 67.4 Å². The number of benzene rings is 1. The first kappa shape index (κ1) is 16.5. The Morgan fingerprint density at radius 2 is 2.10 bits per heavy atom. The Hall–Kier alpha value is -1.59. The van der Waals surface area contributed by atoms with Gasteiger partial charge in [0.05, 0.1) is 19.6 Å². The number of amides is 1. The number of anilines is 1. The molecule has 0 atom stereocenters. The molecule has 0 radical (unpaired) electrons. The molecule has 0 aliphatic rings. The van der Waals surface area contributed by atoms with Crippen molar-refractivity contribution in [3.63, 3.8) is 0 Å². The van der Waals surface area contributed by atoms with Gasteiger partial charge in [0.1, 0.15) is 0 Å². The fraction of sp³-hybridized carbons (Fsp3) is 0.429. The second kappa shape index (κ2) is 8.55. The Labute approximate surface area is 123 Å². The first-order chi connectivity index (χ1) is 9.52. The molecule has 0 fully saturated rings. The maximum absolute atomic E-state index is 11.7. The summed E-state index contributed by atoms with van der Waals surface area (Å²) in [7, 11) is 0. The van der Waals surface area contributed by atoms with Crippen LogP contribution in [0.5, 0.6) is 0 Å². The summed E-state index contributed by atoms with van der Waals surface area (Å²) >= 11 is 5.84. The standard InChI is InChI=1S/C14H19ClN2O3/c1-3-20-14(19)6-7-16-9-13(18)17-12-5-4-11(15)8-10(12)2/h4-5,8,16H,3,6-7,9H2,1-2H3,(H,17,18). The van der Waals surface area contributed by atoms with Crippen LogP contribution in [0, 0.1) is 6.92 Å².